The molecule has 8 heteroatoms. The maximum Gasteiger partial charge on any atom is 0.336 e. The molecule has 0 radical (unpaired) electrons. The Kier molecular flexibility index (Phi) is 4.04. The predicted molar refractivity (Wildman–Crippen MR) is 87.9 cm³/mol. The smallest absolute Gasteiger partial charge is 0.336 e. The van der Waals surface area contributed by atoms with Crippen LogP contribution in [0, 0.1) is 6.92 Å². The molecule has 1 aromatic carbocycles. The van der Waals surface area contributed by atoms with Crippen LogP contribution in [0.1, 0.15) is 11.1 Å². The zero-order valence-electron chi connectivity index (χ0n) is 11.9. The van der Waals surface area contributed by atoms with E-state index >= 15 is 0 Å². The van der Waals surface area contributed by atoms with Gasteiger partial charge in [-0.05, 0) is 24.6 Å². The minimum Gasteiger partial charge on any atom is -0.508 e. The molecule has 0 amide bonds. The third-order valence-corrected chi connectivity index (χ3v) is 5.31. The maximum atomic E-state index is 11.7. The van der Waals surface area contributed by atoms with Crippen LogP contribution in [-0.4, -0.2) is 22.4 Å². The second kappa shape index (κ2) is 5.98. The molecular weight excluding hydrogens is 322 g/mol. The summed E-state index contributed by atoms with van der Waals surface area (Å²) in [5.74, 6) is 0.688. The van der Waals surface area contributed by atoms with Gasteiger partial charge in [0.2, 0.25) is 5.13 Å². The highest BCUT2D eigenvalue weighted by Gasteiger charge is 2.12. The molecule has 6 nitrogen and oxygen atoms in total. The Hall–Kier alpha value is -2.06. The molecule has 3 rings (SSSR count). The number of aromatic nitrogens is 2. The third-order valence-electron chi connectivity index (χ3n) is 3.19. The number of benzene rings is 1. The van der Waals surface area contributed by atoms with Crippen LogP contribution in [0.5, 0.6) is 5.75 Å². The zero-order valence-corrected chi connectivity index (χ0v) is 13.5. The molecule has 0 aliphatic carbocycles. The lowest BCUT2D eigenvalue weighted by Gasteiger charge is -2.07. The number of rotatable bonds is 4. The Balaban J connectivity index is 1.96. The Morgan fingerprint density at radius 3 is 2.95 bits per heavy atom. The molecule has 0 saturated carbocycles. The fourth-order valence-electron chi connectivity index (χ4n) is 2.04. The van der Waals surface area contributed by atoms with E-state index in [-0.39, 0.29) is 5.75 Å². The monoisotopic (exact) mass is 335 g/mol. The van der Waals surface area contributed by atoms with Gasteiger partial charge in [0.25, 0.3) is 0 Å². The SMILES string of the molecule is CNc1nnc(SCc2cc(=O)oc3c(C)c(O)ccc23)s1. The summed E-state index contributed by atoms with van der Waals surface area (Å²) in [6.07, 6.45) is 0. The van der Waals surface area contributed by atoms with Crippen molar-refractivity contribution in [3.8, 4) is 5.75 Å². The van der Waals surface area contributed by atoms with Gasteiger partial charge in [-0.1, -0.05) is 23.1 Å². The lowest BCUT2D eigenvalue weighted by Crippen LogP contribution is -2.00. The number of nitrogens with one attached hydrogen (secondary N) is 1. The lowest BCUT2D eigenvalue weighted by molar-refractivity contribution is 0.468. The van der Waals surface area contributed by atoms with E-state index in [2.05, 4.69) is 15.5 Å². The molecule has 2 heterocycles. The third kappa shape index (κ3) is 2.79. The van der Waals surface area contributed by atoms with Gasteiger partial charge in [0.05, 0.1) is 0 Å². The van der Waals surface area contributed by atoms with Gasteiger partial charge in [-0.3, -0.25) is 0 Å². The number of hydrogen-bond donors (Lipinski definition) is 2. The van der Waals surface area contributed by atoms with Crippen molar-refractivity contribution in [1.82, 2.24) is 10.2 Å². The van der Waals surface area contributed by atoms with E-state index in [1.165, 1.54) is 29.2 Å². The van der Waals surface area contributed by atoms with E-state index in [4.69, 9.17) is 4.42 Å². The van der Waals surface area contributed by atoms with Gasteiger partial charge < -0.3 is 14.8 Å². The summed E-state index contributed by atoms with van der Waals surface area (Å²) in [6.45, 7) is 1.72. The summed E-state index contributed by atoms with van der Waals surface area (Å²) in [5.41, 5.74) is 1.41. The van der Waals surface area contributed by atoms with Crippen LogP contribution >= 0.6 is 23.1 Å². The van der Waals surface area contributed by atoms with E-state index in [9.17, 15) is 9.90 Å². The highest BCUT2D eigenvalue weighted by Crippen LogP contribution is 2.32. The second-order valence-electron chi connectivity index (χ2n) is 4.59. The zero-order chi connectivity index (χ0) is 15.7. The number of aromatic hydroxyl groups is 1. The standard InChI is InChI=1S/C14H13N3O3S2/c1-7-10(18)4-3-9-8(5-11(19)20-12(7)9)6-21-14-17-16-13(15-2)22-14/h3-5,18H,6H2,1-2H3,(H,15,16). The highest BCUT2D eigenvalue weighted by atomic mass is 32.2. The van der Waals surface area contributed by atoms with E-state index in [0.29, 0.717) is 16.9 Å². The first-order valence-electron chi connectivity index (χ1n) is 6.48. The molecule has 2 aromatic heterocycles. The van der Waals surface area contributed by atoms with Crippen LogP contribution in [0.2, 0.25) is 0 Å². The number of phenols is 1. The van der Waals surface area contributed by atoms with Crippen LogP contribution in [0.3, 0.4) is 0 Å². The molecule has 0 aliphatic rings. The molecule has 0 unspecified atom stereocenters. The van der Waals surface area contributed by atoms with Crippen LogP contribution in [0.25, 0.3) is 11.0 Å². The first-order chi connectivity index (χ1) is 10.6. The number of hydrogen-bond acceptors (Lipinski definition) is 8. The van der Waals surface area contributed by atoms with E-state index in [1.807, 2.05) is 0 Å². The molecule has 22 heavy (non-hydrogen) atoms. The van der Waals surface area contributed by atoms with Crippen molar-refractivity contribution in [2.45, 2.75) is 17.0 Å². The Bertz CT molecular complexity index is 889. The molecule has 0 atom stereocenters. The van der Waals surface area contributed by atoms with Crippen LogP contribution in [0.4, 0.5) is 5.13 Å². The minimum absolute atomic E-state index is 0.114. The number of anilines is 1. The van der Waals surface area contributed by atoms with Crippen LogP contribution in [-0.2, 0) is 5.75 Å². The number of nitrogens with zero attached hydrogens (tertiary/aromatic N) is 2. The Morgan fingerprint density at radius 2 is 2.23 bits per heavy atom. The molecule has 3 aromatic rings. The van der Waals surface area contributed by atoms with Crippen molar-refractivity contribution < 1.29 is 9.52 Å². The van der Waals surface area contributed by atoms with E-state index in [1.54, 1.807) is 26.1 Å². The van der Waals surface area contributed by atoms with E-state index < -0.39 is 5.63 Å². The minimum atomic E-state index is -0.426. The quantitative estimate of drug-likeness (QED) is 0.559. The van der Waals surface area contributed by atoms with Gasteiger partial charge in [0.15, 0.2) is 4.34 Å². The van der Waals surface area contributed by atoms with Gasteiger partial charge in [0, 0.05) is 29.8 Å². The first kappa shape index (κ1) is 14.9. The summed E-state index contributed by atoms with van der Waals surface area (Å²) < 4.78 is 6.05. The van der Waals surface area contributed by atoms with Crippen molar-refractivity contribution in [2.75, 3.05) is 12.4 Å². The van der Waals surface area contributed by atoms with Crippen molar-refractivity contribution in [3.63, 3.8) is 0 Å². The average Bonchev–Trinajstić information content (AvgIpc) is 2.97. The average molecular weight is 335 g/mol. The molecule has 114 valence electrons. The highest BCUT2D eigenvalue weighted by molar-refractivity contribution is 8.00. The molecule has 0 fully saturated rings. The fraction of sp³-hybridized carbons (Fsp3) is 0.214. The number of thioether (sulfide) groups is 1. The predicted octanol–water partition coefficient (Wildman–Crippen LogP) is 2.99. The lowest BCUT2D eigenvalue weighted by atomic mass is 10.1. The van der Waals surface area contributed by atoms with Gasteiger partial charge in [-0.25, -0.2) is 4.79 Å². The second-order valence-corrected chi connectivity index (χ2v) is 6.79. The van der Waals surface area contributed by atoms with Crippen LogP contribution in [0.15, 0.2) is 31.8 Å². The van der Waals surface area contributed by atoms with Gasteiger partial charge in [-0.2, -0.15) is 0 Å². The molecule has 2 N–H and O–H groups in total. The number of fused-ring (bicyclic) bond motifs is 1. The Labute approximate surface area is 134 Å². The van der Waals surface area contributed by atoms with Crippen molar-refractivity contribution >= 4 is 39.2 Å². The molecular formula is C14H13N3O3S2. The summed E-state index contributed by atoms with van der Waals surface area (Å²) in [6, 6.07) is 4.84. The largest absolute Gasteiger partial charge is 0.508 e. The van der Waals surface area contributed by atoms with Gasteiger partial charge >= 0.3 is 5.63 Å². The maximum absolute atomic E-state index is 11.7. The summed E-state index contributed by atoms with van der Waals surface area (Å²) in [5, 5.41) is 22.3. The Morgan fingerprint density at radius 1 is 1.41 bits per heavy atom. The van der Waals surface area contributed by atoms with Gasteiger partial charge in [0.1, 0.15) is 11.3 Å². The molecule has 0 spiro atoms. The number of aryl methyl sites for hydroxylation is 1. The fourth-order valence-corrected chi connectivity index (χ4v) is 3.74. The van der Waals surface area contributed by atoms with E-state index in [0.717, 1.165) is 20.4 Å². The van der Waals surface area contributed by atoms with Crippen molar-refractivity contribution in [1.29, 1.82) is 0 Å². The molecule has 0 saturated heterocycles. The van der Waals surface area contributed by atoms with Crippen molar-refractivity contribution in [3.05, 3.63) is 39.7 Å². The summed E-state index contributed by atoms with van der Waals surface area (Å²) >= 11 is 2.96. The summed E-state index contributed by atoms with van der Waals surface area (Å²) in [4.78, 5) is 11.7. The topological polar surface area (TPSA) is 88.3 Å². The number of phenolic OH excluding ortho intramolecular Hbond substituents is 1. The molecule has 0 aliphatic heterocycles. The first-order valence-corrected chi connectivity index (χ1v) is 8.28. The normalized spacial score (nSPS) is 11.0. The summed E-state index contributed by atoms with van der Waals surface area (Å²) in [7, 11) is 1.79. The van der Waals surface area contributed by atoms with Crippen LogP contribution < -0.4 is 10.9 Å². The van der Waals surface area contributed by atoms with Gasteiger partial charge in [-0.15, -0.1) is 10.2 Å². The molecule has 0 bridgehead atoms. The van der Waals surface area contributed by atoms with Crippen molar-refractivity contribution in [2.24, 2.45) is 0 Å².